The quantitative estimate of drug-likeness (QED) is 0.635. The largest absolute Gasteiger partial charge is 0.338 e. The van der Waals surface area contributed by atoms with Crippen LogP contribution in [0.5, 0.6) is 0 Å². The van der Waals surface area contributed by atoms with Crippen LogP contribution in [0.2, 0.25) is 0 Å². The van der Waals surface area contributed by atoms with Gasteiger partial charge < -0.3 is 20.1 Å². The molecule has 0 saturated carbocycles. The van der Waals surface area contributed by atoms with Crippen LogP contribution in [0.4, 0.5) is 10.5 Å². The van der Waals surface area contributed by atoms with Crippen LogP contribution < -0.4 is 10.6 Å². The molecule has 0 unspecified atom stereocenters. The van der Waals surface area contributed by atoms with Gasteiger partial charge in [0.05, 0.1) is 6.33 Å². The summed E-state index contributed by atoms with van der Waals surface area (Å²) in [6.45, 7) is 2.64. The minimum atomic E-state index is -0.252. The van der Waals surface area contributed by atoms with Crippen LogP contribution in [0.3, 0.4) is 0 Å². The van der Waals surface area contributed by atoms with Crippen LogP contribution in [0.15, 0.2) is 67.3 Å². The lowest BCUT2D eigenvalue weighted by atomic mass is 10.1. The highest BCUT2D eigenvalue weighted by molar-refractivity contribution is 5.89. The smallest absolute Gasteiger partial charge is 0.319 e. The van der Waals surface area contributed by atoms with Crippen molar-refractivity contribution in [3.8, 4) is 0 Å². The average Bonchev–Trinajstić information content (AvgIpc) is 3.40. The Kier molecular flexibility index (Phi) is 6.08. The molecule has 0 aliphatic carbocycles. The van der Waals surface area contributed by atoms with E-state index in [4.69, 9.17) is 0 Å². The molecule has 0 bridgehead atoms. The van der Waals surface area contributed by atoms with Crippen molar-refractivity contribution in [1.29, 1.82) is 0 Å². The van der Waals surface area contributed by atoms with Gasteiger partial charge in [0.2, 0.25) is 5.91 Å². The summed E-state index contributed by atoms with van der Waals surface area (Å²) in [5, 5.41) is 5.74. The van der Waals surface area contributed by atoms with Gasteiger partial charge in [-0.15, -0.1) is 0 Å². The van der Waals surface area contributed by atoms with Gasteiger partial charge in [-0.05, 0) is 35.2 Å². The molecular formula is C23H25N5O2. The molecule has 1 fully saturated rings. The normalized spacial score (nSPS) is 13.5. The maximum absolute atomic E-state index is 12.2. The predicted molar refractivity (Wildman–Crippen MR) is 115 cm³/mol. The summed E-state index contributed by atoms with van der Waals surface area (Å²) in [6.07, 6.45) is 7.05. The number of carbonyl (C=O) groups is 2. The fourth-order valence-electron chi connectivity index (χ4n) is 3.57. The van der Waals surface area contributed by atoms with Crippen molar-refractivity contribution in [1.82, 2.24) is 19.8 Å². The van der Waals surface area contributed by atoms with Gasteiger partial charge in [-0.3, -0.25) is 4.79 Å². The van der Waals surface area contributed by atoms with E-state index in [1.807, 2.05) is 52.1 Å². The third kappa shape index (κ3) is 5.26. The maximum Gasteiger partial charge on any atom is 0.319 e. The molecule has 1 aromatic heterocycles. The predicted octanol–water partition coefficient (Wildman–Crippen LogP) is 3.38. The standard InChI is InChI=1S/C23H25N5O2/c29-22-5-2-11-28(22)16-18-6-8-21(9-7-18)26-23(30)25-14-19-3-1-4-20(13-19)15-27-12-10-24-17-27/h1,3-4,6-10,12-13,17H,2,5,11,14-16H2,(H2,25,26,30). The van der Waals surface area contributed by atoms with Gasteiger partial charge in [0.25, 0.3) is 0 Å². The van der Waals surface area contributed by atoms with Crippen LogP contribution in [0.25, 0.3) is 0 Å². The first-order chi connectivity index (χ1) is 14.7. The van der Waals surface area contributed by atoms with E-state index in [9.17, 15) is 9.59 Å². The summed E-state index contributed by atoms with van der Waals surface area (Å²) in [6, 6.07) is 15.5. The third-order valence-electron chi connectivity index (χ3n) is 5.13. The molecule has 7 nitrogen and oxygen atoms in total. The van der Waals surface area contributed by atoms with E-state index in [-0.39, 0.29) is 11.9 Å². The van der Waals surface area contributed by atoms with E-state index in [0.717, 1.165) is 41.9 Å². The number of hydrogen-bond donors (Lipinski definition) is 2. The van der Waals surface area contributed by atoms with Crippen molar-refractivity contribution < 1.29 is 9.59 Å². The number of nitrogens with one attached hydrogen (secondary N) is 2. The monoisotopic (exact) mass is 403 g/mol. The highest BCUT2D eigenvalue weighted by atomic mass is 16.2. The zero-order valence-electron chi connectivity index (χ0n) is 16.8. The minimum absolute atomic E-state index is 0.214. The number of amides is 3. The SMILES string of the molecule is O=C(NCc1cccc(Cn2ccnc2)c1)Nc1ccc(CN2CCCC2=O)cc1. The first-order valence-electron chi connectivity index (χ1n) is 10.1. The van der Waals surface area contributed by atoms with Crippen molar-refractivity contribution in [3.63, 3.8) is 0 Å². The number of carbonyl (C=O) groups excluding carboxylic acids is 2. The molecule has 7 heteroatoms. The number of likely N-dealkylation sites (tertiary alicyclic amines) is 1. The Morgan fingerprint density at radius 1 is 1.03 bits per heavy atom. The molecule has 0 atom stereocenters. The zero-order valence-corrected chi connectivity index (χ0v) is 16.8. The second-order valence-corrected chi connectivity index (χ2v) is 7.48. The highest BCUT2D eigenvalue weighted by Gasteiger charge is 2.19. The Hall–Kier alpha value is -3.61. The number of urea groups is 1. The molecule has 1 aliphatic heterocycles. The van der Waals surface area contributed by atoms with Crippen molar-refractivity contribution in [2.75, 3.05) is 11.9 Å². The lowest BCUT2D eigenvalue weighted by molar-refractivity contribution is -0.128. The molecule has 0 radical (unpaired) electrons. The van der Waals surface area contributed by atoms with E-state index in [1.165, 1.54) is 0 Å². The van der Waals surface area contributed by atoms with Crippen LogP contribution in [0.1, 0.15) is 29.5 Å². The van der Waals surface area contributed by atoms with Crippen molar-refractivity contribution in [3.05, 3.63) is 83.9 Å². The molecule has 30 heavy (non-hydrogen) atoms. The molecule has 2 aromatic carbocycles. The Bertz CT molecular complexity index is 999. The number of nitrogens with zero attached hydrogens (tertiary/aromatic N) is 3. The van der Waals surface area contributed by atoms with Crippen LogP contribution >= 0.6 is 0 Å². The van der Waals surface area contributed by atoms with Crippen LogP contribution in [-0.2, 0) is 24.4 Å². The van der Waals surface area contributed by atoms with Crippen molar-refractivity contribution in [2.45, 2.75) is 32.5 Å². The van der Waals surface area contributed by atoms with E-state index in [2.05, 4.69) is 27.8 Å². The number of hydrogen-bond acceptors (Lipinski definition) is 3. The van der Waals surface area contributed by atoms with Gasteiger partial charge >= 0.3 is 6.03 Å². The Morgan fingerprint density at radius 2 is 1.87 bits per heavy atom. The summed E-state index contributed by atoms with van der Waals surface area (Å²) < 4.78 is 2.00. The Morgan fingerprint density at radius 3 is 2.60 bits per heavy atom. The van der Waals surface area contributed by atoms with Crippen LogP contribution in [0, 0.1) is 0 Å². The fourth-order valence-corrected chi connectivity index (χ4v) is 3.57. The molecule has 3 aromatic rings. The molecule has 1 aliphatic rings. The zero-order chi connectivity index (χ0) is 20.8. The molecule has 2 heterocycles. The number of anilines is 1. The molecule has 3 amide bonds. The second kappa shape index (κ2) is 9.26. The van der Waals surface area contributed by atoms with E-state index >= 15 is 0 Å². The molecule has 154 valence electrons. The second-order valence-electron chi connectivity index (χ2n) is 7.48. The lowest BCUT2D eigenvalue weighted by Crippen LogP contribution is -2.28. The topological polar surface area (TPSA) is 79.3 Å². The maximum atomic E-state index is 12.2. The number of rotatable bonds is 7. The van der Waals surface area contributed by atoms with Gasteiger partial charge in [-0.25, -0.2) is 9.78 Å². The van der Waals surface area contributed by atoms with Crippen molar-refractivity contribution in [2.24, 2.45) is 0 Å². The Labute approximate surface area is 175 Å². The summed E-state index contributed by atoms with van der Waals surface area (Å²) in [5.74, 6) is 0.214. The van der Waals surface area contributed by atoms with Gasteiger partial charge in [0, 0.05) is 50.7 Å². The molecule has 0 spiro atoms. The summed E-state index contributed by atoms with van der Waals surface area (Å²) in [5.41, 5.74) is 3.97. The summed E-state index contributed by atoms with van der Waals surface area (Å²) >= 11 is 0. The summed E-state index contributed by atoms with van der Waals surface area (Å²) in [4.78, 5) is 29.9. The number of imidazole rings is 1. The van der Waals surface area contributed by atoms with Gasteiger partial charge in [-0.1, -0.05) is 36.4 Å². The fraction of sp³-hybridized carbons (Fsp3) is 0.261. The first kappa shape index (κ1) is 19.7. The molecule has 4 rings (SSSR count). The number of benzene rings is 2. The molecule has 2 N–H and O–H groups in total. The lowest BCUT2D eigenvalue weighted by Gasteiger charge is -2.15. The van der Waals surface area contributed by atoms with Gasteiger partial charge in [-0.2, -0.15) is 0 Å². The van der Waals surface area contributed by atoms with Crippen LogP contribution in [-0.4, -0.2) is 32.9 Å². The minimum Gasteiger partial charge on any atom is -0.338 e. The highest BCUT2D eigenvalue weighted by Crippen LogP contribution is 2.16. The van der Waals surface area contributed by atoms with E-state index in [0.29, 0.717) is 19.5 Å². The van der Waals surface area contributed by atoms with Gasteiger partial charge in [0.1, 0.15) is 0 Å². The molecule has 1 saturated heterocycles. The number of aromatic nitrogens is 2. The van der Waals surface area contributed by atoms with E-state index < -0.39 is 0 Å². The van der Waals surface area contributed by atoms with Crippen molar-refractivity contribution >= 4 is 17.6 Å². The average molecular weight is 403 g/mol. The Balaban J connectivity index is 1.26. The molecular weight excluding hydrogens is 378 g/mol. The first-order valence-corrected chi connectivity index (χ1v) is 10.1. The van der Waals surface area contributed by atoms with Gasteiger partial charge in [0.15, 0.2) is 0 Å². The summed E-state index contributed by atoms with van der Waals surface area (Å²) in [7, 11) is 0. The van der Waals surface area contributed by atoms with E-state index in [1.54, 1.807) is 12.5 Å². The third-order valence-corrected chi connectivity index (χ3v) is 5.13.